The number of carboxylic acid groups (broad SMARTS) is 1. The van der Waals surface area contributed by atoms with Gasteiger partial charge in [0, 0.05) is 41.4 Å². The lowest BCUT2D eigenvalue weighted by Gasteiger charge is -1.63. The van der Waals surface area contributed by atoms with E-state index in [0.29, 0.717) is 0 Å². The molecule has 0 unspecified atom stereocenters. The Morgan fingerprint density at radius 2 is 0.944 bits per heavy atom. The lowest BCUT2D eigenvalue weighted by atomic mass is 10.5. The fourth-order valence-electron chi connectivity index (χ4n) is 0.425. The first-order chi connectivity index (χ1) is 8.77. The molecule has 0 saturated carbocycles. The van der Waals surface area contributed by atoms with Crippen LogP contribution in [-0.4, -0.2) is 16.2 Å². The molecular weight excluding hydrogens is 228 g/mol. The molecule has 0 fully saturated rings. The third-order valence-corrected chi connectivity index (χ3v) is 0.913. The van der Waals surface area contributed by atoms with Crippen LogP contribution < -0.4 is 0 Å². The second-order valence-electron chi connectivity index (χ2n) is 2.04. The minimum absolute atomic E-state index is 1.25. The normalized spacial score (nSPS) is 4.44. The predicted octanol–water partition coefficient (Wildman–Crippen LogP) is -0.575. The Morgan fingerprint density at radius 3 is 1.28 bits per heavy atom. The summed E-state index contributed by atoms with van der Waals surface area (Å²) in [6.07, 6.45) is 1.60. The molecule has 0 spiro atoms. The summed E-state index contributed by atoms with van der Waals surface area (Å²) in [6, 6.07) is 0. The van der Waals surface area contributed by atoms with E-state index in [1.807, 2.05) is 0 Å². The molecule has 3 heteroatoms. The van der Waals surface area contributed by atoms with E-state index in [1.165, 1.54) is 0 Å². The minimum atomic E-state index is -1.25. The quantitative estimate of drug-likeness (QED) is 0.548. The van der Waals surface area contributed by atoms with Crippen LogP contribution in [0.5, 0.6) is 0 Å². The van der Waals surface area contributed by atoms with Crippen molar-refractivity contribution in [2.24, 2.45) is 0 Å². The number of hydrogen-bond acceptors (Lipinski definition) is 2. The van der Waals surface area contributed by atoms with Gasteiger partial charge in [0.05, 0.1) is 0 Å². The number of carboxylic acids is 1. The van der Waals surface area contributed by atoms with Crippen LogP contribution in [0.25, 0.3) is 0 Å². The van der Waals surface area contributed by atoms with Gasteiger partial charge in [-0.05, 0) is 35.5 Å². The lowest BCUT2D eigenvalue weighted by molar-refractivity contribution is -0.130. The second kappa shape index (κ2) is 11.3. The standard InChI is InChI=1S/C15H2O3/c16-14-12-10-8-6-4-2-1-3-5-7-9-11-13-15(17)18/h16H,(H,17,18). The molecule has 0 aromatic carbocycles. The molecule has 0 saturated heterocycles. The number of aliphatic carboxylic acids is 1. The van der Waals surface area contributed by atoms with Gasteiger partial charge in [-0.25, -0.2) is 4.79 Å². The Morgan fingerprint density at radius 1 is 0.611 bits per heavy atom. The van der Waals surface area contributed by atoms with Gasteiger partial charge in [-0.15, -0.1) is 0 Å². The first-order valence-corrected chi connectivity index (χ1v) is 4.15. The highest BCUT2D eigenvalue weighted by molar-refractivity contribution is 5.87. The molecule has 18 heavy (non-hydrogen) atoms. The van der Waals surface area contributed by atoms with Crippen LogP contribution >= 0.6 is 0 Å². The van der Waals surface area contributed by atoms with E-state index in [4.69, 9.17) is 10.2 Å². The Kier molecular flexibility index (Phi) is 8.88. The summed E-state index contributed by atoms with van der Waals surface area (Å²) in [5.74, 6) is 27.9. The number of aliphatic hydroxyl groups excluding tert-OH is 1. The third-order valence-electron chi connectivity index (χ3n) is 0.913. The van der Waals surface area contributed by atoms with Crippen molar-refractivity contribution >= 4 is 5.97 Å². The van der Waals surface area contributed by atoms with Crippen LogP contribution in [0, 0.1) is 83.1 Å². The Balaban J connectivity index is 4.30. The van der Waals surface area contributed by atoms with Crippen molar-refractivity contribution in [3.8, 4) is 83.1 Å². The molecule has 80 valence electrons. The van der Waals surface area contributed by atoms with Crippen LogP contribution in [0.4, 0.5) is 0 Å². The van der Waals surface area contributed by atoms with Gasteiger partial charge in [0.15, 0.2) is 0 Å². The van der Waals surface area contributed by atoms with E-state index in [1.54, 1.807) is 12.0 Å². The van der Waals surface area contributed by atoms with E-state index in [2.05, 4.69) is 71.0 Å². The van der Waals surface area contributed by atoms with Gasteiger partial charge in [0.25, 0.3) is 0 Å². The molecule has 0 amide bonds. The molecular formula is C15H2O3. The molecule has 0 aromatic rings. The molecule has 3 nitrogen and oxygen atoms in total. The molecule has 0 atom stereocenters. The molecule has 0 aromatic heterocycles. The van der Waals surface area contributed by atoms with Crippen LogP contribution in [0.15, 0.2) is 0 Å². The Bertz CT molecular complexity index is 751. The summed E-state index contributed by atoms with van der Waals surface area (Å²) in [6.45, 7) is 0. The zero-order valence-electron chi connectivity index (χ0n) is 8.80. The summed E-state index contributed by atoms with van der Waals surface area (Å²) in [7, 11) is 0. The summed E-state index contributed by atoms with van der Waals surface area (Å²) >= 11 is 0. The SMILES string of the molecule is O=C(O)C#CC#CC#CC#CC#CC#CC#CO. The van der Waals surface area contributed by atoms with Gasteiger partial charge < -0.3 is 10.2 Å². The molecule has 0 rings (SSSR count). The van der Waals surface area contributed by atoms with Gasteiger partial charge in [0.1, 0.15) is 6.11 Å². The maximum Gasteiger partial charge on any atom is 0.382 e. The van der Waals surface area contributed by atoms with Crippen LogP contribution in [-0.2, 0) is 4.79 Å². The average Bonchev–Trinajstić information content (AvgIpc) is 2.34. The maximum atomic E-state index is 9.95. The zero-order chi connectivity index (χ0) is 13.5. The largest absolute Gasteiger partial charge is 0.472 e. The molecule has 0 bridgehead atoms. The molecule has 2 N–H and O–H groups in total. The minimum Gasteiger partial charge on any atom is -0.472 e. The fraction of sp³-hybridized carbons (Fsp3) is 0. The van der Waals surface area contributed by atoms with Crippen LogP contribution in [0.2, 0.25) is 0 Å². The summed E-state index contributed by atoms with van der Waals surface area (Å²) in [4.78, 5) is 9.95. The van der Waals surface area contributed by atoms with E-state index < -0.39 is 5.97 Å². The first-order valence-electron chi connectivity index (χ1n) is 4.15. The van der Waals surface area contributed by atoms with Crippen molar-refractivity contribution in [1.29, 1.82) is 0 Å². The molecule has 0 aliphatic rings. The highest BCUT2D eigenvalue weighted by atomic mass is 16.4. The summed E-state index contributed by atoms with van der Waals surface area (Å²) in [5, 5.41) is 16.2. The number of rotatable bonds is 0. The first kappa shape index (κ1) is 14.2. The van der Waals surface area contributed by atoms with Gasteiger partial charge >= 0.3 is 5.97 Å². The van der Waals surface area contributed by atoms with Crippen molar-refractivity contribution in [3.05, 3.63) is 0 Å². The van der Waals surface area contributed by atoms with Crippen molar-refractivity contribution in [3.63, 3.8) is 0 Å². The van der Waals surface area contributed by atoms with Crippen molar-refractivity contribution in [1.82, 2.24) is 0 Å². The molecule has 0 radical (unpaired) electrons. The van der Waals surface area contributed by atoms with Crippen molar-refractivity contribution in [2.45, 2.75) is 0 Å². The smallest absolute Gasteiger partial charge is 0.382 e. The highest BCUT2D eigenvalue weighted by Gasteiger charge is 1.78. The molecule has 0 heterocycles. The maximum absolute atomic E-state index is 9.95. The number of aliphatic hydroxyl groups is 1. The number of carbonyl (C=O) groups is 1. The number of hydrogen-bond donors (Lipinski definition) is 2. The van der Waals surface area contributed by atoms with Gasteiger partial charge in [-0.3, -0.25) is 0 Å². The van der Waals surface area contributed by atoms with E-state index in [-0.39, 0.29) is 0 Å². The molecule has 0 aliphatic heterocycles. The van der Waals surface area contributed by atoms with E-state index in [0.717, 1.165) is 0 Å². The monoisotopic (exact) mass is 230 g/mol. The fourth-order valence-corrected chi connectivity index (χ4v) is 0.425. The Labute approximate surface area is 105 Å². The third kappa shape index (κ3) is 12.2. The Hall–Kier alpha value is -3.81. The molecule has 0 aliphatic carbocycles. The van der Waals surface area contributed by atoms with Gasteiger partial charge in [-0.1, -0.05) is 0 Å². The van der Waals surface area contributed by atoms with Crippen LogP contribution in [0.3, 0.4) is 0 Å². The zero-order valence-corrected chi connectivity index (χ0v) is 8.80. The van der Waals surface area contributed by atoms with Crippen molar-refractivity contribution < 1.29 is 15.0 Å². The average molecular weight is 230 g/mol. The van der Waals surface area contributed by atoms with Gasteiger partial charge in [-0.2, -0.15) is 0 Å². The van der Waals surface area contributed by atoms with E-state index in [9.17, 15) is 4.79 Å². The van der Waals surface area contributed by atoms with Crippen LogP contribution in [0.1, 0.15) is 0 Å². The van der Waals surface area contributed by atoms with E-state index >= 15 is 0 Å². The predicted molar refractivity (Wildman–Crippen MR) is 64.0 cm³/mol. The highest BCUT2D eigenvalue weighted by Crippen LogP contribution is 1.58. The summed E-state index contributed by atoms with van der Waals surface area (Å²) < 4.78 is 0. The summed E-state index contributed by atoms with van der Waals surface area (Å²) in [5.41, 5.74) is 0. The lowest BCUT2D eigenvalue weighted by Crippen LogP contribution is -1.85. The second-order valence-corrected chi connectivity index (χ2v) is 2.04. The van der Waals surface area contributed by atoms with Crippen molar-refractivity contribution in [2.75, 3.05) is 0 Å². The van der Waals surface area contributed by atoms with Gasteiger partial charge in [0.2, 0.25) is 0 Å². The topological polar surface area (TPSA) is 57.5 Å².